The second kappa shape index (κ2) is 4.35. The lowest BCUT2D eigenvalue weighted by Gasteiger charge is -2.06. The molecule has 0 aliphatic carbocycles. The lowest BCUT2D eigenvalue weighted by atomic mass is 9.97. The highest BCUT2D eigenvalue weighted by atomic mass is 19.1. The second-order valence-corrected chi connectivity index (χ2v) is 3.52. The van der Waals surface area contributed by atoms with Gasteiger partial charge in [0.05, 0.1) is 0 Å². The van der Waals surface area contributed by atoms with Gasteiger partial charge in [-0.3, -0.25) is 0 Å². The number of hydrogen-bond acceptors (Lipinski definition) is 1. The van der Waals surface area contributed by atoms with Crippen molar-refractivity contribution in [3.8, 4) is 11.5 Å². The molecule has 0 saturated heterocycles. The van der Waals surface area contributed by atoms with Crippen LogP contribution in [0, 0.1) is 11.6 Å². The topological polar surface area (TPSA) is 9.23 Å². The molecule has 0 atom stereocenters. The molecule has 0 aromatic heterocycles. The van der Waals surface area contributed by atoms with Crippen LogP contribution >= 0.6 is 0 Å². The predicted molar refractivity (Wildman–Crippen MR) is 61.1 cm³/mol. The van der Waals surface area contributed by atoms with E-state index in [0.717, 1.165) is 23.7 Å². The molecule has 0 unspecified atom stereocenters. The van der Waals surface area contributed by atoms with Gasteiger partial charge in [-0.1, -0.05) is 17.6 Å². The zero-order valence-corrected chi connectivity index (χ0v) is 8.71. The standard InChI is InChI=1S/C12H9BF2O/c13-8-1-3-11(4-2-8)16-12-6-9(14)5-10(15)7-12/h1-7H,13H2. The normalized spacial score (nSPS) is 10.1. The van der Waals surface area contributed by atoms with Crippen LogP contribution in [-0.4, -0.2) is 7.85 Å². The highest BCUT2D eigenvalue weighted by Crippen LogP contribution is 2.22. The first-order valence-electron chi connectivity index (χ1n) is 4.84. The van der Waals surface area contributed by atoms with Gasteiger partial charge in [-0.2, -0.15) is 0 Å². The number of halogens is 2. The number of benzene rings is 2. The molecular formula is C12H9BF2O. The molecule has 2 aromatic rings. The molecule has 2 aromatic carbocycles. The van der Waals surface area contributed by atoms with E-state index in [4.69, 9.17) is 4.74 Å². The lowest BCUT2D eigenvalue weighted by molar-refractivity contribution is 0.468. The van der Waals surface area contributed by atoms with E-state index >= 15 is 0 Å². The number of ether oxygens (including phenoxy) is 1. The van der Waals surface area contributed by atoms with Crippen molar-refractivity contribution in [2.75, 3.05) is 0 Å². The quantitative estimate of drug-likeness (QED) is 0.700. The zero-order valence-electron chi connectivity index (χ0n) is 8.71. The van der Waals surface area contributed by atoms with Crippen LogP contribution in [0.1, 0.15) is 0 Å². The Hall–Kier alpha value is -1.84. The van der Waals surface area contributed by atoms with E-state index in [1.165, 1.54) is 0 Å². The molecule has 0 amide bonds. The molecule has 1 nitrogen and oxygen atoms in total. The first-order valence-corrected chi connectivity index (χ1v) is 4.84. The molecule has 0 aliphatic heterocycles. The van der Waals surface area contributed by atoms with Gasteiger partial charge < -0.3 is 4.74 Å². The third kappa shape index (κ3) is 2.60. The van der Waals surface area contributed by atoms with Crippen LogP contribution in [0.3, 0.4) is 0 Å². The summed E-state index contributed by atoms with van der Waals surface area (Å²) in [6.07, 6.45) is 0. The Balaban J connectivity index is 2.23. The average Bonchev–Trinajstić information content (AvgIpc) is 2.20. The van der Waals surface area contributed by atoms with Gasteiger partial charge in [0, 0.05) is 18.2 Å². The molecule has 0 radical (unpaired) electrons. The maximum atomic E-state index is 12.9. The van der Waals surface area contributed by atoms with Crippen molar-refractivity contribution in [3.05, 3.63) is 54.1 Å². The van der Waals surface area contributed by atoms with Gasteiger partial charge >= 0.3 is 0 Å². The molecule has 0 heterocycles. The third-order valence-corrected chi connectivity index (χ3v) is 2.09. The van der Waals surface area contributed by atoms with Crippen molar-refractivity contribution in [3.63, 3.8) is 0 Å². The maximum absolute atomic E-state index is 12.9. The minimum absolute atomic E-state index is 0.154. The van der Waals surface area contributed by atoms with E-state index < -0.39 is 11.6 Å². The van der Waals surface area contributed by atoms with Gasteiger partial charge in [0.2, 0.25) is 0 Å². The fraction of sp³-hybridized carbons (Fsp3) is 0. The van der Waals surface area contributed by atoms with Crippen LogP contribution in [0.2, 0.25) is 0 Å². The van der Waals surface area contributed by atoms with E-state index in [2.05, 4.69) is 0 Å². The largest absolute Gasteiger partial charge is 0.457 e. The summed E-state index contributed by atoms with van der Waals surface area (Å²) in [7, 11) is 1.95. The molecule has 16 heavy (non-hydrogen) atoms. The summed E-state index contributed by atoms with van der Waals surface area (Å²) in [4.78, 5) is 0. The van der Waals surface area contributed by atoms with Gasteiger partial charge in [0.25, 0.3) is 0 Å². The SMILES string of the molecule is Bc1ccc(Oc2cc(F)cc(F)c2)cc1. The molecule has 4 heteroatoms. The van der Waals surface area contributed by atoms with Gasteiger partial charge in [0.1, 0.15) is 31.0 Å². The van der Waals surface area contributed by atoms with E-state index in [-0.39, 0.29) is 5.75 Å². The highest BCUT2D eigenvalue weighted by molar-refractivity contribution is 6.32. The molecule has 0 fully saturated rings. The van der Waals surface area contributed by atoms with E-state index in [0.29, 0.717) is 5.75 Å². The van der Waals surface area contributed by atoms with E-state index in [1.807, 2.05) is 20.0 Å². The average molecular weight is 218 g/mol. The summed E-state index contributed by atoms with van der Waals surface area (Å²) in [6.45, 7) is 0. The van der Waals surface area contributed by atoms with Crippen molar-refractivity contribution < 1.29 is 13.5 Å². The summed E-state index contributed by atoms with van der Waals surface area (Å²) < 4.78 is 31.1. The molecule has 0 spiro atoms. The first kappa shape index (κ1) is 10.7. The molecule has 80 valence electrons. The molecular weight excluding hydrogens is 209 g/mol. The monoisotopic (exact) mass is 218 g/mol. The number of hydrogen-bond donors (Lipinski definition) is 0. The summed E-state index contributed by atoms with van der Waals surface area (Å²) in [5.74, 6) is -0.596. The Morgan fingerprint density at radius 3 is 1.94 bits per heavy atom. The number of rotatable bonds is 2. The smallest absolute Gasteiger partial charge is 0.139 e. The van der Waals surface area contributed by atoms with E-state index in [1.54, 1.807) is 12.1 Å². The summed E-state index contributed by atoms with van der Waals surface area (Å²) in [5, 5.41) is 0. The minimum Gasteiger partial charge on any atom is -0.457 e. The van der Waals surface area contributed by atoms with Crippen LogP contribution in [-0.2, 0) is 0 Å². The van der Waals surface area contributed by atoms with E-state index in [9.17, 15) is 8.78 Å². The Morgan fingerprint density at radius 1 is 0.812 bits per heavy atom. The third-order valence-electron chi connectivity index (χ3n) is 2.09. The Bertz CT molecular complexity index is 477. The molecule has 0 aliphatic rings. The Kier molecular flexibility index (Phi) is 2.90. The van der Waals surface area contributed by atoms with Crippen LogP contribution in [0.15, 0.2) is 42.5 Å². The first-order chi connectivity index (χ1) is 7.63. The zero-order chi connectivity index (χ0) is 11.5. The van der Waals surface area contributed by atoms with Gasteiger partial charge in [-0.05, 0) is 12.1 Å². The van der Waals surface area contributed by atoms with Crippen LogP contribution in [0.25, 0.3) is 0 Å². The Morgan fingerprint density at radius 2 is 1.38 bits per heavy atom. The lowest BCUT2D eigenvalue weighted by Crippen LogP contribution is -1.99. The fourth-order valence-corrected chi connectivity index (χ4v) is 1.33. The summed E-state index contributed by atoms with van der Waals surface area (Å²) in [5.41, 5.74) is 1.10. The van der Waals surface area contributed by atoms with Gasteiger partial charge in [-0.15, -0.1) is 0 Å². The highest BCUT2D eigenvalue weighted by Gasteiger charge is 2.02. The molecule has 0 saturated carbocycles. The Labute approximate surface area is 93.1 Å². The summed E-state index contributed by atoms with van der Waals surface area (Å²) in [6, 6.07) is 10.3. The molecule has 0 N–H and O–H groups in total. The van der Waals surface area contributed by atoms with Crippen molar-refractivity contribution in [1.82, 2.24) is 0 Å². The van der Waals surface area contributed by atoms with Gasteiger partial charge in [0.15, 0.2) is 0 Å². The van der Waals surface area contributed by atoms with Crippen molar-refractivity contribution in [1.29, 1.82) is 0 Å². The predicted octanol–water partition coefficient (Wildman–Crippen LogP) is 2.02. The maximum Gasteiger partial charge on any atom is 0.139 e. The van der Waals surface area contributed by atoms with Crippen LogP contribution in [0.5, 0.6) is 11.5 Å². The van der Waals surface area contributed by atoms with Gasteiger partial charge in [-0.25, -0.2) is 8.78 Å². The molecule has 0 bridgehead atoms. The fourth-order valence-electron chi connectivity index (χ4n) is 1.33. The second-order valence-electron chi connectivity index (χ2n) is 3.52. The van der Waals surface area contributed by atoms with Crippen LogP contribution < -0.4 is 10.2 Å². The van der Waals surface area contributed by atoms with Crippen LogP contribution in [0.4, 0.5) is 8.78 Å². The summed E-state index contributed by atoms with van der Waals surface area (Å²) >= 11 is 0. The van der Waals surface area contributed by atoms with Crippen molar-refractivity contribution >= 4 is 13.3 Å². The van der Waals surface area contributed by atoms with Crippen molar-refractivity contribution in [2.45, 2.75) is 0 Å². The van der Waals surface area contributed by atoms with Crippen molar-refractivity contribution in [2.24, 2.45) is 0 Å². The molecule has 2 rings (SSSR count). The minimum atomic E-state index is -0.651.